The molecule has 0 spiro atoms. The van der Waals surface area contributed by atoms with Crippen LogP contribution in [0.4, 0.5) is 5.82 Å². The van der Waals surface area contributed by atoms with Crippen LogP contribution in [0.3, 0.4) is 0 Å². The summed E-state index contributed by atoms with van der Waals surface area (Å²) < 4.78 is 6.97. The second-order valence-corrected chi connectivity index (χ2v) is 4.25. The third-order valence-electron chi connectivity index (χ3n) is 2.70. The van der Waals surface area contributed by atoms with Gasteiger partial charge in [0, 0.05) is 17.6 Å². The summed E-state index contributed by atoms with van der Waals surface area (Å²) in [6.07, 6.45) is 0. The summed E-state index contributed by atoms with van der Waals surface area (Å²) in [5.41, 5.74) is 8.59. The van der Waals surface area contributed by atoms with Crippen LogP contribution in [0.1, 0.15) is 5.69 Å². The van der Waals surface area contributed by atoms with Crippen molar-refractivity contribution >= 4 is 17.4 Å². The minimum absolute atomic E-state index is 0.600. The van der Waals surface area contributed by atoms with Crippen molar-refractivity contribution in [2.45, 2.75) is 6.92 Å². The third-order valence-corrected chi connectivity index (χ3v) is 2.93. The molecule has 0 fully saturated rings. The zero-order valence-corrected chi connectivity index (χ0v) is 10.7. The topological polar surface area (TPSA) is 53.1 Å². The van der Waals surface area contributed by atoms with Crippen LogP contribution < -0.4 is 10.5 Å². The standard InChI is InChI=1S/C12H14ClN3O/c1-7-11(12(14)16(2)15-7)9-6-8(13)4-5-10(9)17-3/h4-6H,14H2,1-3H3. The fourth-order valence-electron chi connectivity index (χ4n) is 1.88. The fraction of sp³-hybridized carbons (Fsp3) is 0.250. The number of halogens is 1. The molecule has 0 atom stereocenters. The van der Waals surface area contributed by atoms with Crippen molar-refractivity contribution in [3.05, 3.63) is 28.9 Å². The number of hydrogen-bond donors (Lipinski definition) is 1. The average Bonchev–Trinajstić information content (AvgIpc) is 2.53. The van der Waals surface area contributed by atoms with E-state index in [1.807, 2.05) is 26.1 Å². The van der Waals surface area contributed by atoms with Gasteiger partial charge in [-0.05, 0) is 25.1 Å². The van der Waals surface area contributed by atoms with E-state index >= 15 is 0 Å². The maximum atomic E-state index is 6.01. The van der Waals surface area contributed by atoms with Gasteiger partial charge in [-0.1, -0.05) is 11.6 Å². The molecule has 0 radical (unpaired) electrons. The van der Waals surface area contributed by atoms with Crippen LogP contribution in [0.15, 0.2) is 18.2 Å². The first-order valence-corrected chi connectivity index (χ1v) is 5.55. The van der Waals surface area contributed by atoms with E-state index in [1.54, 1.807) is 17.9 Å². The summed E-state index contributed by atoms with van der Waals surface area (Å²) in [6, 6.07) is 5.44. The van der Waals surface area contributed by atoms with Crippen LogP contribution in [0.5, 0.6) is 5.75 Å². The molecular weight excluding hydrogens is 238 g/mol. The van der Waals surface area contributed by atoms with Crippen molar-refractivity contribution in [2.75, 3.05) is 12.8 Å². The Bertz CT molecular complexity index is 563. The molecule has 0 saturated heterocycles. The predicted molar refractivity (Wildman–Crippen MR) is 69.4 cm³/mol. The van der Waals surface area contributed by atoms with Crippen LogP contribution in [-0.4, -0.2) is 16.9 Å². The van der Waals surface area contributed by atoms with E-state index in [9.17, 15) is 0 Å². The number of methoxy groups -OCH3 is 1. The van der Waals surface area contributed by atoms with Crippen molar-refractivity contribution < 1.29 is 4.74 Å². The summed E-state index contributed by atoms with van der Waals surface area (Å²) in [4.78, 5) is 0. The molecule has 1 aromatic carbocycles. The van der Waals surface area contributed by atoms with Crippen LogP contribution in [0, 0.1) is 6.92 Å². The van der Waals surface area contributed by atoms with Gasteiger partial charge >= 0.3 is 0 Å². The van der Waals surface area contributed by atoms with Gasteiger partial charge in [-0.2, -0.15) is 5.10 Å². The molecule has 1 aromatic heterocycles. The Morgan fingerprint density at radius 3 is 2.65 bits per heavy atom. The van der Waals surface area contributed by atoms with Crippen LogP contribution in [-0.2, 0) is 7.05 Å². The highest BCUT2D eigenvalue weighted by Gasteiger charge is 2.16. The van der Waals surface area contributed by atoms with E-state index in [1.165, 1.54) is 0 Å². The molecule has 0 aliphatic heterocycles. The van der Waals surface area contributed by atoms with E-state index in [-0.39, 0.29) is 0 Å². The van der Waals surface area contributed by atoms with Crippen molar-refractivity contribution in [1.82, 2.24) is 9.78 Å². The molecule has 0 unspecified atom stereocenters. The van der Waals surface area contributed by atoms with Gasteiger partial charge < -0.3 is 10.5 Å². The van der Waals surface area contributed by atoms with Crippen molar-refractivity contribution in [2.24, 2.45) is 7.05 Å². The zero-order chi connectivity index (χ0) is 12.6. The maximum Gasteiger partial charge on any atom is 0.129 e. The minimum atomic E-state index is 0.600. The Morgan fingerprint density at radius 1 is 1.41 bits per heavy atom. The van der Waals surface area contributed by atoms with Gasteiger partial charge in [-0.3, -0.25) is 4.68 Å². The van der Waals surface area contributed by atoms with Crippen molar-refractivity contribution in [3.63, 3.8) is 0 Å². The second kappa shape index (κ2) is 4.30. The quantitative estimate of drug-likeness (QED) is 0.893. The number of ether oxygens (including phenoxy) is 1. The lowest BCUT2D eigenvalue weighted by Gasteiger charge is -2.09. The minimum Gasteiger partial charge on any atom is -0.496 e. The highest BCUT2D eigenvalue weighted by molar-refractivity contribution is 6.31. The summed E-state index contributed by atoms with van der Waals surface area (Å²) in [5, 5.41) is 4.93. The molecule has 0 aliphatic carbocycles. The first-order valence-electron chi connectivity index (χ1n) is 5.17. The molecule has 2 aromatic rings. The monoisotopic (exact) mass is 251 g/mol. The van der Waals surface area contributed by atoms with E-state index in [0.717, 1.165) is 22.6 Å². The van der Waals surface area contributed by atoms with Gasteiger partial charge in [0.25, 0.3) is 0 Å². The number of aromatic nitrogens is 2. The van der Waals surface area contributed by atoms with Crippen molar-refractivity contribution in [1.29, 1.82) is 0 Å². The molecule has 0 saturated carbocycles. The Morgan fingerprint density at radius 2 is 2.12 bits per heavy atom. The average molecular weight is 252 g/mol. The van der Waals surface area contributed by atoms with Gasteiger partial charge in [0.2, 0.25) is 0 Å². The lowest BCUT2D eigenvalue weighted by atomic mass is 10.0. The molecule has 4 nitrogen and oxygen atoms in total. The van der Waals surface area contributed by atoms with Gasteiger partial charge in [-0.25, -0.2) is 0 Å². The Kier molecular flexibility index (Phi) is 2.98. The molecule has 2 N–H and O–H groups in total. The highest BCUT2D eigenvalue weighted by atomic mass is 35.5. The van der Waals surface area contributed by atoms with Crippen molar-refractivity contribution in [3.8, 4) is 16.9 Å². The fourth-order valence-corrected chi connectivity index (χ4v) is 2.06. The van der Waals surface area contributed by atoms with Crippen LogP contribution >= 0.6 is 11.6 Å². The normalized spacial score (nSPS) is 10.6. The van der Waals surface area contributed by atoms with Gasteiger partial charge in [0.05, 0.1) is 18.4 Å². The Labute approximate surface area is 105 Å². The largest absolute Gasteiger partial charge is 0.496 e. The summed E-state index contributed by atoms with van der Waals surface area (Å²) in [5.74, 6) is 1.33. The molecule has 0 amide bonds. The van der Waals surface area contributed by atoms with Gasteiger partial charge in [-0.15, -0.1) is 0 Å². The number of nitrogen functional groups attached to an aromatic ring is 1. The number of rotatable bonds is 2. The Hall–Kier alpha value is -1.68. The lowest BCUT2D eigenvalue weighted by Crippen LogP contribution is -1.98. The number of anilines is 1. The lowest BCUT2D eigenvalue weighted by molar-refractivity contribution is 0.416. The van der Waals surface area contributed by atoms with Crippen LogP contribution in [0.2, 0.25) is 5.02 Å². The summed E-state index contributed by atoms with van der Waals surface area (Å²) in [7, 11) is 3.43. The van der Waals surface area contributed by atoms with E-state index in [4.69, 9.17) is 22.1 Å². The third kappa shape index (κ3) is 1.96. The summed E-state index contributed by atoms with van der Waals surface area (Å²) in [6.45, 7) is 1.91. The molecule has 0 aliphatic rings. The zero-order valence-electron chi connectivity index (χ0n) is 9.99. The van der Waals surface area contributed by atoms with E-state index in [0.29, 0.717) is 10.8 Å². The second-order valence-electron chi connectivity index (χ2n) is 3.81. The molecular formula is C12H14ClN3O. The number of aryl methyl sites for hydroxylation is 2. The summed E-state index contributed by atoms with van der Waals surface area (Å²) >= 11 is 6.01. The Balaban J connectivity index is 2.71. The van der Waals surface area contributed by atoms with Gasteiger partial charge in [0.1, 0.15) is 11.6 Å². The SMILES string of the molecule is COc1ccc(Cl)cc1-c1c(C)nn(C)c1N. The molecule has 2 rings (SSSR count). The number of benzene rings is 1. The molecule has 0 bridgehead atoms. The van der Waals surface area contributed by atoms with Crippen LogP contribution in [0.25, 0.3) is 11.1 Å². The molecule has 1 heterocycles. The first-order chi connectivity index (χ1) is 8.04. The predicted octanol–water partition coefficient (Wildman–Crippen LogP) is 2.64. The number of nitrogens with two attached hydrogens (primary N) is 1. The highest BCUT2D eigenvalue weighted by Crippen LogP contribution is 2.37. The molecule has 17 heavy (non-hydrogen) atoms. The van der Waals surface area contributed by atoms with E-state index in [2.05, 4.69) is 5.10 Å². The van der Waals surface area contributed by atoms with E-state index < -0.39 is 0 Å². The smallest absolute Gasteiger partial charge is 0.129 e. The van der Waals surface area contributed by atoms with Gasteiger partial charge in [0.15, 0.2) is 0 Å². The number of hydrogen-bond acceptors (Lipinski definition) is 3. The number of nitrogens with zero attached hydrogens (tertiary/aromatic N) is 2. The maximum absolute atomic E-state index is 6.01. The first kappa shape index (κ1) is 11.8. The molecule has 90 valence electrons. The molecule has 5 heteroatoms.